The second kappa shape index (κ2) is 9.69. The van der Waals surface area contributed by atoms with Crippen molar-refractivity contribution in [1.29, 1.82) is 0 Å². The summed E-state index contributed by atoms with van der Waals surface area (Å²) in [7, 11) is 0. The van der Waals surface area contributed by atoms with Gasteiger partial charge in [-0.1, -0.05) is 38.1 Å². The number of nitrogens with one attached hydrogen (secondary N) is 1. The smallest absolute Gasteiger partial charge is 0.262 e. The molecular formula is C27H31NO3. The molecule has 0 unspecified atom stereocenters. The van der Waals surface area contributed by atoms with Crippen LogP contribution in [-0.4, -0.2) is 17.6 Å². The van der Waals surface area contributed by atoms with Gasteiger partial charge in [-0.2, -0.15) is 0 Å². The van der Waals surface area contributed by atoms with E-state index < -0.39 is 0 Å². The first-order valence-electron chi connectivity index (χ1n) is 10.6. The third-order valence-corrected chi connectivity index (χ3v) is 5.44. The van der Waals surface area contributed by atoms with E-state index in [4.69, 9.17) is 4.74 Å². The summed E-state index contributed by atoms with van der Waals surface area (Å²) in [6.45, 7) is 10.2. The number of amides is 1. The van der Waals surface area contributed by atoms with E-state index in [1.54, 1.807) is 6.07 Å². The molecule has 0 atom stereocenters. The van der Waals surface area contributed by atoms with Crippen molar-refractivity contribution >= 4 is 11.6 Å². The van der Waals surface area contributed by atoms with Crippen LogP contribution in [0.3, 0.4) is 0 Å². The van der Waals surface area contributed by atoms with Gasteiger partial charge in [0.05, 0.1) is 0 Å². The summed E-state index contributed by atoms with van der Waals surface area (Å²) in [6, 6.07) is 17.5. The van der Waals surface area contributed by atoms with Crippen molar-refractivity contribution in [3.05, 3.63) is 88.0 Å². The second-order valence-electron chi connectivity index (χ2n) is 8.47. The standard InChI is InChI=1S/C27H31NO3/c1-17(2)24-14-21(9-10-26(24)29)15-25-19(4)12-23(13-20(25)5)31-16-27(30)28-22-8-6-7-18(3)11-22/h6-14,17,29H,15-16H2,1-5H3,(H,28,30). The average molecular weight is 418 g/mol. The molecule has 0 saturated heterocycles. The van der Waals surface area contributed by atoms with Crippen molar-refractivity contribution in [1.82, 2.24) is 0 Å². The topological polar surface area (TPSA) is 58.6 Å². The first kappa shape index (κ1) is 22.4. The molecule has 3 rings (SSSR count). The van der Waals surface area contributed by atoms with Gasteiger partial charge in [0, 0.05) is 5.69 Å². The van der Waals surface area contributed by atoms with E-state index in [0.717, 1.165) is 34.4 Å². The van der Waals surface area contributed by atoms with E-state index in [9.17, 15) is 9.90 Å². The highest BCUT2D eigenvalue weighted by atomic mass is 16.5. The Balaban J connectivity index is 1.67. The number of benzene rings is 3. The summed E-state index contributed by atoms with van der Waals surface area (Å²) in [4.78, 5) is 12.2. The van der Waals surface area contributed by atoms with E-state index in [2.05, 4.69) is 39.1 Å². The molecule has 3 aromatic rings. The number of phenolic OH excluding ortho intramolecular Hbond substituents is 1. The Morgan fingerprint density at radius 3 is 2.35 bits per heavy atom. The zero-order valence-corrected chi connectivity index (χ0v) is 19.0. The molecule has 0 radical (unpaired) electrons. The molecule has 0 bridgehead atoms. The molecule has 2 N–H and O–H groups in total. The van der Waals surface area contributed by atoms with Crippen LogP contribution in [0.4, 0.5) is 5.69 Å². The zero-order valence-electron chi connectivity index (χ0n) is 19.0. The second-order valence-corrected chi connectivity index (χ2v) is 8.47. The van der Waals surface area contributed by atoms with Gasteiger partial charge in [-0.25, -0.2) is 0 Å². The third-order valence-electron chi connectivity index (χ3n) is 5.44. The van der Waals surface area contributed by atoms with Gasteiger partial charge in [0.25, 0.3) is 5.91 Å². The van der Waals surface area contributed by atoms with E-state index in [1.807, 2.05) is 49.4 Å². The molecule has 0 aromatic heterocycles. The summed E-state index contributed by atoms with van der Waals surface area (Å²) >= 11 is 0. The lowest BCUT2D eigenvalue weighted by atomic mass is 9.93. The number of phenols is 1. The Hall–Kier alpha value is -3.27. The Morgan fingerprint density at radius 2 is 1.71 bits per heavy atom. The molecule has 0 fully saturated rings. The fourth-order valence-corrected chi connectivity index (χ4v) is 3.77. The van der Waals surface area contributed by atoms with Gasteiger partial charge >= 0.3 is 0 Å². The Kier molecular flexibility index (Phi) is 7.01. The highest BCUT2D eigenvalue weighted by Gasteiger charge is 2.12. The molecule has 1 amide bonds. The third kappa shape index (κ3) is 5.88. The number of aryl methyl sites for hydroxylation is 3. The molecule has 0 aliphatic carbocycles. The minimum absolute atomic E-state index is 0.0398. The SMILES string of the molecule is Cc1cccc(NC(=O)COc2cc(C)c(Cc3ccc(O)c(C(C)C)c3)c(C)c2)c1. The van der Waals surface area contributed by atoms with E-state index >= 15 is 0 Å². The molecule has 0 saturated carbocycles. The molecular weight excluding hydrogens is 386 g/mol. The summed E-state index contributed by atoms with van der Waals surface area (Å²) in [6.07, 6.45) is 0.784. The monoisotopic (exact) mass is 417 g/mol. The highest BCUT2D eigenvalue weighted by Crippen LogP contribution is 2.29. The van der Waals surface area contributed by atoms with Gasteiger partial charge in [0.2, 0.25) is 0 Å². The minimum Gasteiger partial charge on any atom is -0.508 e. The fraction of sp³-hybridized carbons (Fsp3) is 0.296. The van der Waals surface area contributed by atoms with Crippen LogP contribution >= 0.6 is 0 Å². The van der Waals surface area contributed by atoms with Crippen LogP contribution in [0.5, 0.6) is 11.5 Å². The average Bonchev–Trinajstić information content (AvgIpc) is 2.70. The Labute approximate surface area is 184 Å². The zero-order chi connectivity index (χ0) is 22.5. The molecule has 4 heteroatoms. The number of hydrogen-bond acceptors (Lipinski definition) is 3. The van der Waals surface area contributed by atoms with E-state index in [0.29, 0.717) is 11.5 Å². The van der Waals surface area contributed by atoms with E-state index in [1.165, 1.54) is 11.1 Å². The highest BCUT2D eigenvalue weighted by molar-refractivity contribution is 5.91. The van der Waals surface area contributed by atoms with Crippen LogP contribution in [0.25, 0.3) is 0 Å². The first-order chi connectivity index (χ1) is 14.7. The lowest BCUT2D eigenvalue weighted by molar-refractivity contribution is -0.118. The van der Waals surface area contributed by atoms with Crippen LogP contribution in [0.1, 0.15) is 53.1 Å². The number of hydrogen-bond donors (Lipinski definition) is 2. The number of ether oxygens (including phenoxy) is 1. The fourth-order valence-electron chi connectivity index (χ4n) is 3.77. The maximum Gasteiger partial charge on any atom is 0.262 e. The van der Waals surface area contributed by atoms with Crippen LogP contribution in [-0.2, 0) is 11.2 Å². The van der Waals surface area contributed by atoms with Crippen molar-refractivity contribution in [3.63, 3.8) is 0 Å². The van der Waals surface area contributed by atoms with Crippen LogP contribution in [0, 0.1) is 20.8 Å². The molecule has 0 heterocycles. The minimum atomic E-state index is -0.185. The summed E-state index contributed by atoms with van der Waals surface area (Å²) < 4.78 is 5.76. The first-order valence-corrected chi connectivity index (χ1v) is 10.6. The summed E-state index contributed by atoms with van der Waals surface area (Å²) in [5.41, 5.74) is 7.46. The Bertz CT molecular complexity index is 1060. The summed E-state index contributed by atoms with van der Waals surface area (Å²) in [5.74, 6) is 1.12. The molecule has 3 aromatic carbocycles. The number of aromatic hydroxyl groups is 1. The van der Waals surface area contributed by atoms with Gasteiger partial charge in [-0.05, 0) is 96.8 Å². The quantitative estimate of drug-likeness (QED) is 0.492. The number of rotatable bonds is 7. The lowest BCUT2D eigenvalue weighted by Gasteiger charge is -2.15. The molecule has 31 heavy (non-hydrogen) atoms. The normalized spacial score (nSPS) is 10.9. The van der Waals surface area contributed by atoms with Crippen molar-refractivity contribution in [2.45, 2.75) is 47.0 Å². The molecule has 4 nitrogen and oxygen atoms in total. The van der Waals surface area contributed by atoms with Crippen molar-refractivity contribution < 1.29 is 14.6 Å². The molecule has 162 valence electrons. The largest absolute Gasteiger partial charge is 0.508 e. The van der Waals surface area contributed by atoms with Crippen LogP contribution in [0.2, 0.25) is 0 Å². The van der Waals surface area contributed by atoms with Crippen molar-refractivity contribution in [2.75, 3.05) is 11.9 Å². The maximum atomic E-state index is 12.2. The number of anilines is 1. The predicted octanol–water partition coefficient (Wildman–Crippen LogP) is 6.05. The van der Waals surface area contributed by atoms with E-state index in [-0.39, 0.29) is 18.4 Å². The maximum absolute atomic E-state index is 12.2. The van der Waals surface area contributed by atoms with Gasteiger partial charge in [0.1, 0.15) is 11.5 Å². The molecule has 0 aliphatic rings. The molecule has 0 aliphatic heterocycles. The van der Waals surface area contributed by atoms with Gasteiger partial charge in [-0.15, -0.1) is 0 Å². The van der Waals surface area contributed by atoms with Gasteiger partial charge < -0.3 is 15.2 Å². The van der Waals surface area contributed by atoms with Gasteiger partial charge in [0.15, 0.2) is 6.61 Å². The van der Waals surface area contributed by atoms with Crippen molar-refractivity contribution in [3.8, 4) is 11.5 Å². The number of carbonyl (C=O) groups is 1. The lowest BCUT2D eigenvalue weighted by Crippen LogP contribution is -2.20. The van der Waals surface area contributed by atoms with Crippen LogP contribution < -0.4 is 10.1 Å². The predicted molar refractivity (Wildman–Crippen MR) is 126 cm³/mol. The Morgan fingerprint density at radius 1 is 1.00 bits per heavy atom. The molecule has 0 spiro atoms. The van der Waals surface area contributed by atoms with Crippen molar-refractivity contribution in [2.24, 2.45) is 0 Å². The number of carbonyl (C=O) groups excluding carboxylic acids is 1. The van der Waals surface area contributed by atoms with Crippen LogP contribution in [0.15, 0.2) is 54.6 Å². The summed E-state index contributed by atoms with van der Waals surface area (Å²) in [5, 5.41) is 12.9. The van der Waals surface area contributed by atoms with Gasteiger partial charge in [-0.3, -0.25) is 4.79 Å².